The molecule has 0 bridgehead atoms. The predicted molar refractivity (Wildman–Crippen MR) is 75.3 cm³/mol. The lowest BCUT2D eigenvalue weighted by Gasteiger charge is -2.17. The minimum absolute atomic E-state index is 0.0894. The lowest BCUT2D eigenvalue weighted by Crippen LogP contribution is -2.23. The van der Waals surface area contributed by atoms with E-state index >= 15 is 0 Å². The second-order valence-corrected chi connectivity index (χ2v) is 4.34. The van der Waals surface area contributed by atoms with E-state index < -0.39 is 4.92 Å². The molecule has 104 valence electrons. The van der Waals surface area contributed by atoms with Gasteiger partial charge in [-0.3, -0.25) is 10.1 Å². The fourth-order valence-electron chi connectivity index (χ4n) is 1.97. The number of nitrogens with one attached hydrogen (secondary N) is 1. The quantitative estimate of drug-likeness (QED) is 0.644. The molecular weight excluding hydrogens is 256 g/mol. The van der Waals surface area contributed by atoms with Crippen LogP contribution >= 0.6 is 0 Å². The number of rotatable bonds is 6. The first-order valence-electron chi connectivity index (χ1n) is 6.44. The zero-order valence-electron chi connectivity index (χ0n) is 11.2. The highest BCUT2D eigenvalue weighted by molar-refractivity contribution is 5.23. The van der Waals surface area contributed by atoms with Crippen molar-refractivity contribution in [2.45, 2.75) is 19.4 Å². The van der Waals surface area contributed by atoms with E-state index in [1.165, 1.54) is 12.4 Å². The molecule has 1 heterocycles. The van der Waals surface area contributed by atoms with Gasteiger partial charge in [-0.1, -0.05) is 37.3 Å². The van der Waals surface area contributed by atoms with Gasteiger partial charge < -0.3 is 5.32 Å². The fraction of sp³-hybridized carbons (Fsp3) is 0.286. The molecule has 2 aromatic rings. The number of likely N-dealkylation sites (N-methyl/N-ethyl adjacent to an activating group) is 1. The van der Waals surface area contributed by atoms with Gasteiger partial charge in [0.1, 0.15) is 18.2 Å². The molecule has 20 heavy (non-hydrogen) atoms. The Hall–Kier alpha value is -2.34. The van der Waals surface area contributed by atoms with Crippen LogP contribution in [-0.2, 0) is 6.42 Å². The fourth-order valence-corrected chi connectivity index (χ4v) is 1.97. The first-order chi connectivity index (χ1) is 9.70. The van der Waals surface area contributed by atoms with Gasteiger partial charge in [-0.15, -0.1) is 0 Å². The van der Waals surface area contributed by atoms with Crippen LogP contribution in [0.3, 0.4) is 0 Å². The van der Waals surface area contributed by atoms with Gasteiger partial charge in [0.15, 0.2) is 0 Å². The molecule has 6 heteroatoms. The van der Waals surface area contributed by atoms with Crippen LogP contribution < -0.4 is 5.32 Å². The molecule has 6 nitrogen and oxygen atoms in total. The second-order valence-electron chi connectivity index (χ2n) is 4.34. The van der Waals surface area contributed by atoms with E-state index in [4.69, 9.17) is 0 Å². The molecular formula is C14H16N4O2. The molecule has 0 radical (unpaired) electrons. The van der Waals surface area contributed by atoms with Crippen LogP contribution in [0.1, 0.15) is 24.4 Å². The maximum atomic E-state index is 10.6. The SMILES string of the molecule is CCNC(Cc1ncc([N+](=O)[O-])cn1)c1ccccc1. The third-order valence-corrected chi connectivity index (χ3v) is 2.94. The Morgan fingerprint density at radius 2 is 1.90 bits per heavy atom. The molecule has 1 aromatic heterocycles. The van der Waals surface area contributed by atoms with Crippen LogP contribution in [0.15, 0.2) is 42.7 Å². The van der Waals surface area contributed by atoms with Crippen molar-refractivity contribution >= 4 is 5.69 Å². The number of nitrogens with zero attached hydrogens (tertiary/aromatic N) is 3. The van der Waals surface area contributed by atoms with Crippen LogP contribution in [0.5, 0.6) is 0 Å². The van der Waals surface area contributed by atoms with Crippen LogP contribution in [0.4, 0.5) is 5.69 Å². The molecule has 0 saturated carbocycles. The van der Waals surface area contributed by atoms with Crippen molar-refractivity contribution in [3.63, 3.8) is 0 Å². The van der Waals surface area contributed by atoms with Crippen molar-refractivity contribution in [2.24, 2.45) is 0 Å². The monoisotopic (exact) mass is 272 g/mol. The normalized spacial score (nSPS) is 12.1. The Morgan fingerprint density at radius 3 is 2.45 bits per heavy atom. The molecule has 1 N–H and O–H groups in total. The minimum atomic E-state index is -0.497. The summed E-state index contributed by atoms with van der Waals surface area (Å²) in [7, 11) is 0. The molecule has 1 unspecified atom stereocenters. The first-order valence-corrected chi connectivity index (χ1v) is 6.44. The van der Waals surface area contributed by atoms with Crippen LogP contribution in [-0.4, -0.2) is 21.4 Å². The number of hydrogen-bond acceptors (Lipinski definition) is 5. The Bertz CT molecular complexity index is 557. The maximum absolute atomic E-state index is 10.6. The molecule has 0 spiro atoms. The molecule has 0 aliphatic heterocycles. The zero-order chi connectivity index (χ0) is 14.4. The van der Waals surface area contributed by atoms with Gasteiger partial charge in [-0.25, -0.2) is 9.97 Å². The summed E-state index contributed by atoms with van der Waals surface area (Å²) in [6.07, 6.45) is 3.09. The van der Waals surface area contributed by atoms with Gasteiger partial charge in [0.2, 0.25) is 0 Å². The highest BCUT2D eigenvalue weighted by Gasteiger charge is 2.14. The molecule has 1 atom stereocenters. The molecule has 0 saturated heterocycles. The van der Waals surface area contributed by atoms with Crippen LogP contribution in [0.2, 0.25) is 0 Å². The maximum Gasteiger partial charge on any atom is 0.305 e. The summed E-state index contributed by atoms with van der Waals surface area (Å²) < 4.78 is 0. The third kappa shape index (κ3) is 3.58. The summed E-state index contributed by atoms with van der Waals surface area (Å²) in [5.41, 5.74) is 1.06. The number of hydrogen-bond donors (Lipinski definition) is 1. The Morgan fingerprint density at radius 1 is 1.25 bits per heavy atom. The zero-order valence-corrected chi connectivity index (χ0v) is 11.2. The molecule has 0 amide bonds. The lowest BCUT2D eigenvalue weighted by molar-refractivity contribution is -0.385. The van der Waals surface area contributed by atoms with E-state index in [9.17, 15) is 10.1 Å². The van der Waals surface area contributed by atoms with Gasteiger partial charge >= 0.3 is 5.69 Å². The van der Waals surface area contributed by atoms with Crippen molar-refractivity contribution in [3.05, 3.63) is 64.2 Å². The largest absolute Gasteiger partial charge is 0.310 e. The van der Waals surface area contributed by atoms with Gasteiger partial charge in [-0.2, -0.15) is 0 Å². The number of nitro groups is 1. The van der Waals surface area contributed by atoms with Crippen LogP contribution in [0, 0.1) is 10.1 Å². The summed E-state index contributed by atoms with van der Waals surface area (Å²) in [5, 5.41) is 13.9. The van der Waals surface area contributed by atoms with Gasteiger partial charge in [-0.05, 0) is 12.1 Å². The highest BCUT2D eigenvalue weighted by Crippen LogP contribution is 2.17. The minimum Gasteiger partial charge on any atom is -0.310 e. The summed E-state index contributed by atoms with van der Waals surface area (Å²) in [4.78, 5) is 18.2. The van der Waals surface area contributed by atoms with Crippen molar-refractivity contribution in [3.8, 4) is 0 Å². The predicted octanol–water partition coefficient (Wildman–Crippen LogP) is 2.28. The summed E-state index contributed by atoms with van der Waals surface area (Å²) >= 11 is 0. The second kappa shape index (κ2) is 6.72. The van der Waals surface area contributed by atoms with E-state index in [0.29, 0.717) is 12.2 Å². The van der Waals surface area contributed by atoms with E-state index in [1.54, 1.807) is 0 Å². The van der Waals surface area contributed by atoms with Crippen LogP contribution in [0.25, 0.3) is 0 Å². The summed E-state index contributed by atoms with van der Waals surface area (Å²) in [6.45, 7) is 2.86. The Kier molecular flexibility index (Phi) is 4.73. The molecule has 2 rings (SSSR count). The lowest BCUT2D eigenvalue weighted by atomic mass is 10.0. The first kappa shape index (κ1) is 14.1. The van der Waals surface area contributed by atoms with E-state index in [-0.39, 0.29) is 11.7 Å². The average Bonchev–Trinajstić information content (AvgIpc) is 2.48. The van der Waals surface area contributed by atoms with E-state index in [0.717, 1.165) is 12.1 Å². The molecule has 0 aliphatic rings. The van der Waals surface area contributed by atoms with Crippen molar-refractivity contribution in [2.75, 3.05) is 6.54 Å². The van der Waals surface area contributed by atoms with Gasteiger partial charge in [0, 0.05) is 12.5 Å². The summed E-state index contributed by atoms with van der Waals surface area (Å²) in [5.74, 6) is 0.588. The van der Waals surface area contributed by atoms with E-state index in [1.807, 2.05) is 37.3 Å². The Labute approximate surface area is 117 Å². The van der Waals surface area contributed by atoms with E-state index in [2.05, 4.69) is 15.3 Å². The standard InChI is InChI=1S/C14H16N4O2/c1-2-15-13(11-6-4-3-5-7-11)8-14-16-9-12(10-17-14)18(19)20/h3-7,9-10,13,15H,2,8H2,1H3. The number of benzene rings is 1. The highest BCUT2D eigenvalue weighted by atomic mass is 16.6. The van der Waals surface area contributed by atoms with Crippen molar-refractivity contribution < 1.29 is 4.92 Å². The van der Waals surface area contributed by atoms with Gasteiger partial charge in [0.25, 0.3) is 0 Å². The molecule has 0 aliphatic carbocycles. The summed E-state index contributed by atoms with van der Waals surface area (Å²) in [6, 6.07) is 10.1. The number of aromatic nitrogens is 2. The Balaban J connectivity index is 2.14. The molecule has 0 fully saturated rings. The topological polar surface area (TPSA) is 81.0 Å². The van der Waals surface area contributed by atoms with Crippen molar-refractivity contribution in [1.82, 2.24) is 15.3 Å². The smallest absolute Gasteiger partial charge is 0.305 e. The molecule has 1 aromatic carbocycles. The van der Waals surface area contributed by atoms with Gasteiger partial charge in [0.05, 0.1) is 4.92 Å². The van der Waals surface area contributed by atoms with Crippen molar-refractivity contribution in [1.29, 1.82) is 0 Å². The third-order valence-electron chi connectivity index (χ3n) is 2.94. The average molecular weight is 272 g/mol.